The lowest BCUT2D eigenvalue weighted by Gasteiger charge is -2.07. The zero-order valence-electron chi connectivity index (χ0n) is 16.5. The molecule has 0 unspecified atom stereocenters. The lowest BCUT2D eigenvalue weighted by atomic mass is 10.1. The average Bonchev–Trinajstić information content (AvgIpc) is 3.25. The molecule has 0 saturated heterocycles. The van der Waals surface area contributed by atoms with Crippen LogP contribution in [0.5, 0.6) is 0 Å². The third-order valence-corrected chi connectivity index (χ3v) is 5.45. The number of tetrazole rings is 1. The number of carbonyl (C=O) groups excluding carboxylic acids is 1. The molecule has 0 saturated carbocycles. The number of amides is 1. The van der Waals surface area contributed by atoms with E-state index in [1.807, 2.05) is 24.3 Å². The lowest BCUT2D eigenvalue weighted by molar-refractivity contribution is -0.113. The Bertz CT molecular complexity index is 1140. The molecule has 0 radical (unpaired) electrons. The fraction of sp³-hybridized carbons (Fsp3) is 0.238. The Labute approximate surface area is 178 Å². The maximum absolute atomic E-state index is 12.4. The molecule has 8 nitrogen and oxygen atoms in total. The third-order valence-electron chi connectivity index (χ3n) is 4.53. The van der Waals surface area contributed by atoms with E-state index >= 15 is 0 Å². The molecule has 0 fully saturated rings. The van der Waals surface area contributed by atoms with Gasteiger partial charge >= 0.3 is 0 Å². The molecule has 0 bridgehead atoms. The number of benzene rings is 2. The highest BCUT2D eigenvalue weighted by Gasteiger charge is 2.12. The molecule has 2 heterocycles. The number of nitrogens with zero attached hydrogens (tertiary/aromatic N) is 6. The van der Waals surface area contributed by atoms with Crippen LogP contribution in [0.15, 0.2) is 60.0 Å². The van der Waals surface area contributed by atoms with E-state index < -0.39 is 0 Å². The maximum Gasteiger partial charge on any atom is 0.234 e. The summed E-state index contributed by atoms with van der Waals surface area (Å²) in [4.78, 5) is 20.9. The highest BCUT2D eigenvalue weighted by molar-refractivity contribution is 7.99. The molecule has 2 aromatic carbocycles. The minimum absolute atomic E-state index is 0.146. The SMILES string of the molecule is CCCCc1ccc(-n2nnnc2SCC(=O)Nc2ccc3nccnc3c2)cc1. The summed E-state index contributed by atoms with van der Waals surface area (Å²) in [6.45, 7) is 2.18. The van der Waals surface area contributed by atoms with Gasteiger partial charge in [0.2, 0.25) is 11.1 Å². The number of aromatic nitrogens is 6. The van der Waals surface area contributed by atoms with Crippen molar-refractivity contribution in [3.63, 3.8) is 0 Å². The Morgan fingerprint density at radius 2 is 1.87 bits per heavy atom. The van der Waals surface area contributed by atoms with Crippen molar-refractivity contribution in [1.29, 1.82) is 0 Å². The summed E-state index contributed by atoms with van der Waals surface area (Å²) >= 11 is 1.28. The van der Waals surface area contributed by atoms with Crippen molar-refractivity contribution >= 4 is 34.4 Å². The van der Waals surface area contributed by atoms with E-state index in [4.69, 9.17) is 0 Å². The van der Waals surface area contributed by atoms with Crippen LogP contribution in [0.2, 0.25) is 0 Å². The Morgan fingerprint density at radius 1 is 1.07 bits per heavy atom. The minimum Gasteiger partial charge on any atom is -0.325 e. The smallest absolute Gasteiger partial charge is 0.234 e. The number of anilines is 1. The van der Waals surface area contributed by atoms with Gasteiger partial charge < -0.3 is 5.32 Å². The van der Waals surface area contributed by atoms with Gasteiger partial charge in [-0.05, 0) is 59.2 Å². The summed E-state index contributed by atoms with van der Waals surface area (Å²) in [5.74, 6) is 0.0423. The van der Waals surface area contributed by atoms with Crippen LogP contribution in [0.3, 0.4) is 0 Å². The van der Waals surface area contributed by atoms with E-state index in [0.717, 1.165) is 23.1 Å². The number of fused-ring (bicyclic) bond motifs is 1. The number of unbranched alkanes of at least 4 members (excludes halogenated alkanes) is 1. The standard InChI is InChI=1S/C21H21N7OS/c1-2-3-4-15-5-8-17(9-6-15)28-21(25-26-27-28)30-14-20(29)24-16-7-10-18-19(13-16)23-12-11-22-18/h5-13H,2-4,14H2,1H3,(H,24,29). The first-order chi connectivity index (χ1) is 14.7. The zero-order chi connectivity index (χ0) is 20.8. The molecule has 4 aromatic rings. The van der Waals surface area contributed by atoms with Gasteiger partial charge in [0.15, 0.2) is 0 Å². The average molecular weight is 420 g/mol. The number of hydrogen-bond donors (Lipinski definition) is 1. The zero-order valence-corrected chi connectivity index (χ0v) is 17.3. The quantitative estimate of drug-likeness (QED) is 0.435. The number of carbonyl (C=O) groups is 1. The van der Waals surface area contributed by atoms with Crippen molar-refractivity contribution in [2.45, 2.75) is 31.3 Å². The van der Waals surface area contributed by atoms with E-state index in [2.05, 4.69) is 49.9 Å². The fourth-order valence-electron chi connectivity index (χ4n) is 2.98. The van der Waals surface area contributed by atoms with Crippen molar-refractivity contribution in [2.24, 2.45) is 0 Å². The van der Waals surface area contributed by atoms with E-state index in [1.165, 1.54) is 30.2 Å². The molecule has 0 atom stereocenters. The van der Waals surface area contributed by atoms with E-state index in [9.17, 15) is 4.79 Å². The highest BCUT2D eigenvalue weighted by Crippen LogP contribution is 2.20. The highest BCUT2D eigenvalue weighted by atomic mass is 32.2. The summed E-state index contributed by atoms with van der Waals surface area (Å²) in [5, 5.41) is 15.3. The molecule has 0 aliphatic carbocycles. The van der Waals surface area contributed by atoms with Crippen LogP contribution in [0, 0.1) is 0 Å². The first-order valence-electron chi connectivity index (χ1n) is 9.74. The topological polar surface area (TPSA) is 98.5 Å². The summed E-state index contributed by atoms with van der Waals surface area (Å²) in [6.07, 6.45) is 6.67. The molecule has 0 aliphatic heterocycles. The Morgan fingerprint density at radius 3 is 2.67 bits per heavy atom. The van der Waals surface area contributed by atoms with E-state index in [-0.39, 0.29) is 11.7 Å². The minimum atomic E-state index is -0.146. The Balaban J connectivity index is 1.38. The van der Waals surface area contributed by atoms with Crippen LogP contribution in [0.1, 0.15) is 25.3 Å². The van der Waals surface area contributed by atoms with Gasteiger partial charge in [0, 0.05) is 18.1 Å². The van der Waals surface area contributed by atoms with Gasteiger partial charge in [-0.1, -0.05) is 37.2 Å². The number of thioether (sulfide) groups is 1. The third kappa shape index (κ3) is 4.80. The van der Waals surface area contributed by atoms with Crippen LogP contribution in [0.4, 0.5) is 5.69 Å². The second-order valence-corrected chi connectivity index (χ2v) is 7.68. The molecule has 30 heavy (non-hydrogen) atoms. The van der Waals surface area contributed by atoms with Gasteiger partial charge in [-0.2, -0.15) is 4.68 Å². The second kappa shape index (κ2) is 9.45. The fourth-order valence-corrected chi connectivity index (χ4v) is 3.67. The molecule has 152 valence electrons. The van der Waals surface area contributed by atoms with Crippen molar-refractivity contribution in [3.05, 3.63) is 60.4 Å². The van der Waals surface area contributed by atoms with Crippen molar-refractivity contribution in [1.82, 2.24) is 30.2 Å². The molecule has 1 N–H and O–H groups in total. The van der Waals surface area contributed by atoms with Crippen LogP contribution in [0.25, 0.3) is 16.7 Å². The van der Waals surface area contributed by atoms with Gasteiger partial charge in [-0.3, -0.25) is 14.8 Å². The summed E-state index contributed by atoms with van der Waals surface area (Å²) in [5.41, 5.74) is 4.36. The number of aryl methyl sites for hydroxylation is 1. The van der Waals surface area contributed by atoms with E-state index in [0.29, 0.717) is 10.8 Å². The monoisotopic (exact) mass is 419 g/mol. The van der Waals surface area contributed by atoms with E-state index in [1.54, 1.807) is 23.1 Å². The van der Waals surface area contributed by atoms with Crippen LogP contribution in [-0.4, -0.2) is 41.8 Å². The molecule has 2 aromatic heterocycles. The number of rotatable bonds is 8. The predicted octanol–water partition coefficient (Wildman–Crippen LogP) is 3.68. The van der Waals surface area contributed by atoms with Gasteiger partial charge in [0.05, 0.1) is 22.5 Å². The number of nitrogens with one attached hydrogen (secondary N) is 1. The number of hydrogen-bond acceptors (Lipinski definition) is 7. The molecule has 0 aliphatic rings. The van der Waals surface area contributed by atoms with Gasteiger partial charge in [-0.15, -0.1) is 5.10 Å². The van der Waals surface area contributed by atoms with Crippen molar-refractivity contribution in [3.8, 4) is 5.69 Å². The largest absolute Gasteiger partial charge is 0.325 e. The molecule has 0 spiro atoms. The summed E-state index contributed by atoms with van der Waals surface area (Å²) in [6, 6.07) is 13.6. The van der Waals surface area contributed by atoms with Crippen molar-refractivity contribution in [2.75, 3.05) is 11.1 Å². The first kappa shape index (κ1) is 20.0. The first-order valence-corrected chi connectivity index (χ1v) is 10.7. The van der Waals surface area contributed by atoms with Gasteiger partial charge in [-0.25, -0.2) is 0 Å². The summed E-state index contributed by atoms with van der Waals surface area (Å²) < 4.78 is 1.65. The van der Waals surface area contributed by atoms with Crippen LogP contribution in [-0.2, 0) is 11.2 Å². The molecule has 1 amide bonds. The predicted molar refractivity (Wildman–Crippen MR) is 117 cm³/mol. The normalized spacial score (nSPS) is 11.0. The second-order valence-electron chi connectivity index (χ2n) is 6.74. The maximum atomic E-state index is 12.4. The lowest BCUT2D eigenvalue weighted by Crippen LogP contribution is -2.14. The Kier molecular flexibility index (Phi) is 6.29. The van der Waals surface area contributed by atoms with Gasteiger partial charge in [0.25, 0.3) is 0 Å². The molecular formula is C21H21N7OS. The Hall–Kier alpha value is -3.33. The van der Waals surface area contributed by atoms with Crippen LogP contribution >= 0.6 is 11.8 Å². The molecule has 9 heteroatoms. The molecular weight excluding hydrogens is 398 g/mol. The van der Waals surface area contributed by atoms with Crippen molar-refractivity contribution < 1.29 is 4.79 Å². The molecule has 4 rings (SSSR count). The summed E-state index contributed by atoms with van der Waals surface area (Å²) in [7, 11) is 0. The van der Waals surface area contributed by atoms with Crippen LogP contribution < -0.4 is 5.32 Å². The van der Waals surface area contributed by atoms with Gasteiger partial charge in [0.1, 0.15) is 0 Å².